The molecule has 1 aliphatic carbocycles. The molecule has 0 saturated heterocycles. The summed E-state index contributed by atoms with van der Waals surface area (Å²) in [4.78, 5) is 12.7. The van der Waals surface area contributed by atoms with E-state index < -0.39 is 0 Å². The lowest BCUT2D eigenvalue weighted by Crippen LogP contribution is -2.28. The van der Waals surface area contributed by atoms with Crippen molar-refractivity contribution in [1.29, 1.82) is 0 Å². The molecule has 0 aromatic heterocycles. The molecule has 1 fully saturated rings. The molecule has 110 valence electrons. The van der Waals surface area contributed by atoms with E-state index >= 15 is 0 Å². The second kappa shape index (κ2) is 8.29. The Kier molecular flexibility index (Phi) is 6.36. The Morgan fingerprint density at radius 1 is 1.35 bits per heavy atom. The molecule has 0 unspecified atom stereocenters. The summed E-state index contributed by atoms with van der Waals surface area (Å²) in [6.45, 7) is 2.06. The van der Waals surface area contributed by atoms with Gasteiger partial charge in [-0.1, -0.05) is 12.1 Å². The number of ether oxygens (including phenoxy) is 1. The maximum absolute atomic E-state index is 11.5. The first-order valence-electron chi connectivity index (χ1n) is 6.98. The van der Waals surface area contributed by atoms with Gasteiger partial charge in [-0.05, 0) is 30.5 Å². The van der Waals surface area contributed by atoms with E-state index in [4.69, 9.17) is 4.74 Å². The zero-order valence-corrected chi connectivity index (χ0v) is 12.7. The smallest absolute Gasteiger partial charge is 0.230 e. The second-order valence-corrected chi connectivity index (χ2v) is 5.98. The van der Waals surface area contributed by atoms with E-state index in [2.05, 4.69) is 34.9 Å². The van der Waals surface area contributed by atoms with Crippen molar-refractivity contribution in [2.75, 3.05) is 26.0 Å². The molecule has 2 N–H and O–H groups in total. The molecule has 0 radical (unpaired) electrons. The van der Waals surface area contributed by atoms with Crippen LogP contribution in [-0.4, -0.2) is 38.0 Å². The zero-order chi connectivity index (χ0) is 14.2. The van der Waals surface area contributed by atoms with Crippen LogP contribution < -0.4 is 10.6 Å². The summed E-state index contributed by atoms with van der Waals surface area (Å²) >= 11 is 1.56. The summed E-state index contributed by atoms with van der Waals surface area (Å²) in [6, 6.07) is 9.15. The van der Waals surface area contributed by atoms with E-state index in [1.165, 1.54) is 18.4 Å². The molecule has 20 heavy (non-hydrogen) atoms. The van der Waals surface area contributed by atoms with Gasteiger partial charge in [0.1, 0.15) is 0 Å². The average molecular weight is 294 g/mol. The van der Waals surface area contributed by atoms with Gasteiger partial charge in [0.05, 0.1) is 12.4 Å². The zero-order valence-electron chi connectivity index (χ0n) is 11.9. The third kappa shape index (κ3) is 5.94. The van der Waals surface area contributed by atoms with Gasteiger partial charge in [0.2, 0.25) is 5.91 Å². The van der Waals surface area contributed by atoms with Gasteiger partial charge in [-0.3, -0.25) is 4.79 Å². The monoisotopic (exact) mass is 294 g/mol. The van der Waals surface area contributed by atoms with Crippen molar-refractivity contribution in [3.63, 3.8) is 0 Å². The number of benzene rings is 1. The van der Waals surface area contributed by atoms with Gasteiger partial charge < -0.3 is 15.4 Å². The van der Waals surface area contributed by atoms with Gasteiger partial charge in [0.25, 0.3) is 0 Å². The minimum absolute atomic E-state index is 0.0477. The first-order valence-corrected chi connectivity index (χ1v) is 7.97. The summed E-state index contributed by atoms with van der Waals surface area (Å²) in [5.74, 6) is 0.496. The molecule has 1 amide bonds. The predicted octanol–water partition coefficient (Wildman–Crippen LogP) is 1.79. The van der Waals surface area contributed by atoms with Gasteiger partial charge in [0, 0.05) is 31.1 Å². The molecule has 4 nitrogen and oxygen atoms in total. The van der Waals surface area contributed by atoms with E-state index in [9.17, 15) is 4.79 Å². The summed E-state index contributed by atoms with van der Waals surface area (Å²) in [5, 5.41) is 6.30. The number of amides is 1. The van der Waals surface area contributed by atoms with Crippen molar-refractivity contribution in [3.05, 3.63) is 29.8 Å². The number of thioether (sulfide) groups is 1. The van der Waals surface area contributed by atoms with Crippen molar-refractivity contribution in [2.24, 2.45) is 0 Å². The van der Waals surface area contributed by atoms with E-state index in [1.807, 2.05) is 0 Å². The number of nitrogens with one attached hydrogen (secondary N) is 2. The highest BCUT2D eigenvalue weighted by atomic mass is 32.2. The molecule has 1 aromatic carbocycles. The Bertz CT molecular complexity index is 418. The van der Waals surface area contributed by atoms with Gasteiger partial charge >= 0.3 is 0 Å². The molecule has 2 rings (SSSR count). The summed E-state index contributed by atoms with van der Waals surface area (Å²) in [6.07, 6.45) is 2.62. The summed E-state index contributed by atoms with van der Waals surface area (Å²) in [7, 11) is 1.63. The lowest BCUT2D eigenvalue weighted by molar-refractivity contribution is -0.118. The number of carbonyl (C=O) groups is 1. The SMILES string of the molecule is COCCNC(=O)CSc1ccc(CNC2CC2)cc1. The van der Waals surface area contributed by atoms with Crippen LogP contribution in [0.4, 0.5) is 0 Å². The highest BCUT2D eigenvalue weighted by molar-refractivity contribution is 8.00. The fraction of sp³-hybridized carbons (Fsp3) is 0.533. The van der Waals surface area contributed by atoms with Crippen LogP contribution in [0.5, 0.6) is 0 Å². The van der Waals surface area contributed by atoms with E-state index in [-0.39, 0.29) is 5.91 Å². The number of hydrogen-bond acceptors (Lipinski definition) is 4. The second-order valence-electron chi connectivity index (χ2n) is 4.93. The summed E-state index contributed by atoms with van der Waals surface area (Å²) in [5.41, 5.74) is 1.30. The van der Waals surface area contributed by atoms with Crippen LogP contribution in [0.3, 0.4) is 0 Å². The van der Waals surface area contributed by atoms with Gasteiger partial charge in [-0.2, -0.15) is 0 Å². The molecule has 0 aliphatic heterocycles. The standard InChI is InChI=1S/C15H22N2O2S/c1-19-9-8-16-15(18)11-20-14-6-2-12(3-7-14)10-17-13-4-5-13/h2-3,6-7,13,17H,4-5,8-11H2,1H3,(H,16,18). The number of methoxy groups -OCH3 is 1. The van der Waals surface area contributed by atoms with Gasteiger partial charge in [-0.25, -0.2) is 0 Å². The predicted molar refractivity (Wildman–Crippen MR) is 81.9 cm³/mol. The van der Waals surface area contributed by atoms with E-state index in [1.54, 1.807) is 18.9 Å². The quantitative estimate of drug-likeness (QED) is 0.538. The molecule has 1 aliphatic rings. The number of hydrogen-bond donors (Lipinski definition) is 2. The Morgan fingerprint density at radius 2 is 2.10 bits per heavy atom. The topological polar surface area (TPSA) is 50.4 Å². The molecule has 1 saturated carbocycles. The lowest BCUT2D eigenvalue weighted by atomic mass is 10.2. The van der Waals surface area contributed by atoms with Crippen LogP contribution in [-0.2, 0) is 16.1 Å². The highest BCUT2D eigenvalue weighted by Gasteiger charge is 2.19. The van der Waals surface area contributed by atoms with Crippen LogP contribution in [0.25, 0.3) is 0 Å². The van der Waals surface area contributed by atoms with Crippen LogP contribution in [0.15, 0.2) is 29.2 Å². The summed E-state index contributed by atoms with van der Waals surface area (Å²) < 4.78 is 4.88. The Hall–Kier alpha value is -1.04. The van der Waals surface area contributed by atoms with Crippen molar-refractivity contribution in [2.45, 2.75) is 30.3 Å². The van der Waals surface area contributed by atoms with Gasteiger partial charge in [-0.15, -0.1) is 11.8 Å². The maximum Gasteiger partial charge on any atom is 0.230 e. The van der Waals surface area contributed by atoms with Crippen molar-refractivity contribution in [3.8, 4) is 0 Å². The Balaban J connectivity index is 1.65. The number of rotatable bonds is 9. The third-order valence-corrected chi connectivity index (χ3v) is 4.11. The van der Waals surface area contributed by atoms with E-state index in [0.717, 1.165) is 17.5 Å². The third-order valence-electron chi connectivity index (χ3n) is 3.09. The minimum atomic E-state index is 0.0477. The van der Waals surface area contributed by atoms with Crippen LogP contribution in [0.1, 0.15) is 18.4 Å². The molecule has 0 bridgehead atoms. The maximum atomic E-state index is 11.5. The molecule has 0 spiro atoms. The largest absolute Gasteiger partial charge is 0.383 e. The number of carbonyl (C=O) groups excluding carboxylic acids is 1. The van der Waals surface area contributed by atoms with Crippen LogP contribution >= 0.6 is 11.8 Å². The van der Waals surface area contributed by atoms with Crippen LogP contribution in [0.2, 0.25) is 0 Å². The minimum Gasteiger partial charge on any atom is -0.383 e. The van der Waals surface area contributed by atoms with Gasteiger partial charge in [0.15, 0.2) is 0 Å². The Labute approximate surface area is 124 Å². The fourth-order valence-corrected chi connectivity index (χ4v) is 2.47. The van der Waals surface area contributed by atoms with Crippen LogP contribution in [0, 0.1) is 0 Å². The first-order chi connectivity index (χ1) is 9.78. The average Bonchev–Trinajstić information content (AvgIpc) is 3.28. The molecular weight excluding hydrogens is 272 g/mol. The molecular formula is C15H22N2O2S. The first kappa shape index (κ1) is 15.4. The highest BCUT2D eigenvalue weighted by Crippen LogP contribution is 2.21. The fourth-order valence-electron chi connectivity index (χ4n) is 1.75. The normalized spacial score (nSPS) is 14.2. The molecule has 0 heterocycles. The van der Waals surface area contributed by atoms with Crippen molar-refractivity contribution < 1.29 is 9.53 Å². The molecule has 0 atom stereocenters. The van der Waals surface area contributed by atoms with Crippen molar-refractivity contribution in [1.82, 2.24) is 10.6 Å². The van der Waals surface area contributed by atoms with Crippen molar-refractivity contribution >= 4 is 17.7 Å². The Morgan fingerprint density at radius 3 is 2.75 bits per heavy atom. The lowest BCUT2D eigenvalue weighted by Gasteiger charge is -2.06. The molecule has 1 aromatic rings. The van der Waals surface area contributed by atoms with E-state index in [0.29, 0.717) is 18.9 Å². The molecule has 5 heteroatoms.